The van der Waals surface area contributed by atoms with Gasteiger partial charge in [-0.1, -0.05) is 5.16 Å². The molecule has 0 spiro atoms. The minimum absolute atomic E-state index is 0.460. The molecule has 13 heavy (non-hydrogen) atoms. The summed E-state index contributed by atoms with van der Waals surface area (Å²) in [7, 11) is 0. The van der Waals surface area contributed by atoms with E-state index in [1.807, 2.05) is 6.07 Å². The minimum atomic E-state index is 0.460. The van der Waals surface area contributed by atoms with Gasteiger partial charge in [-0.05, 0) is 41.6 Å². The molecule has 0 radical (unpaired) electrons. The summed E-state index contributed by atoms with van der Waals surface area (Å²) in [6.07, 6.45) is 0. The maximum Gasteiger partial charge on any atom is 0.192 e. The lowest BCUT2D eigenvalue weighted by atomic mass is 10.3. The third-order valence-electron chi connectivity index (χ3n) is 1.62. The van der Waals surface area contributed by atoms with Crippen LogP contribution in [0, 0.1) is 10.5 Å². The van der Waals surface area contributed by atoms with E-state index in [2.05, 4.69) is 40.7 Å². The Morgan fingerprint density at radius 2 is 2.31 bits per heavy atom. The van der Waals surface area contributed by atoms with Crippen LogP contribution in [0.25, 0.3) is 10.6 Å². The van der Waals surface area contributed by atoms with Gasteiger partial charge in [-0.3, -0.25) is 0 Å². The molecule has 0 saturated carbocycles. The van der Waals surface area contributed by atoms with Crippen LogP contribution in [0.4, 0.5) is 5.82 Å². The Balaban J connectivity index is 2.52. The average Bonchev–Trinajstić information content (AvgIpc) is 2.62. The molecule has 2 aromatic rings. The fourth-order valence-electron chi connectivity index (χ4n) is 1.00. The number of halogens is 1. The number of anilines is 1. The van der Waals surface area contributed by atoms with Crippen molar-refractivity contribution in [3.05, 3.63) is 20.6 Å². The van der Waals surface area contributed by atoms with Crippen LogP contribution in [-0.4, -0.2) is 5.16 Å². The van der Waals surface area contributed by atoms with Crippen LogP contribution < -0.4 is 5.73 Å². The highest BCUT2D eigenvalue weighted by Gasteiger charge is 2.13. The molecule has 0 saturated heterocycles. The van der Waals surface area contributed by atoms with Gasteiger partial charge in [-0.15, -0.1) is 11.3 Å². The predicted molar refractivity (Wildman–Crippen MR) is 61.7 cm³/mol. The Hall–Kier alpha value is -0.560. The van der Waals surface area contributed by atoms with E-state index in [1.165, 1.54) is 4.88 Å². The van der Waals surface area contributed by atoms with Crippen LogP contribution in [0.1, 0.15) is 4.88 Å². The highest BCUT2D eigenvalue weighted by atomic mass is 127. The fraction of sp³-hybridized carbons (Fsp3) is 0.125. The summed E-state index contributed by atoms with van der Waals surface area (Å²) >= 11 is 3.81. The van der Waals surface area contributed by atoms with E-state index in [9.17, 15) is 0 Å². The molecule has 0 atom stereocenters. The van der Waals surface area contributed by atoms with Crippen molar-refractivity contribution < 1.29 is 4.52 Å². The summed E-state index contributed by atoms with van der Waals surface area (Å²) in [4.78, 5) is 2.33. The number of hydrogen-bond acceptors (Lipinski definition) is 4. The first-order chi connectivity index (χ1) is 6.18. The van der Waals surface area contributed by atoms with Crippen LogP contribution in [0.5, 0.6) is 0 Å². The van der Waals surface area contributed by atoms with Crippen LogP contribution >= 0.6 is 33.9 Å². The number of hydrogen-bond donors (Lipinski definition) is 1. The Morgan fingerprint density at radius 1 is 1.54 bits per heavy atom. The summed E-state index contributed by atoms with van der Waals surface area (Å²) in [5.74, 6) is 1.23. The lowest BCUT2D eigenvalue weighted by Gasteiger charge is -1.88. The maximum absolute atomic E-state index is 5.58. The van der Waals surface area contributed by atoms with Crippen molar-refractivity contribution in [2.24, 2.45) is 0 Å². The molecule has 3 nitrogen and oxygen atoms in total. The van der Waals surface area contributed by atoms with Crippen molar-refractivity contribution in [1.29, 1.82) is 0 Å². The highest BCUT2D eigenvalue weighted by molar-refractivity contribution is 14.1. The summed E-state index contributed by atoms with van der Waals surface area (Å²) < 4.78 is 6.01. The predicted octanol–water partition coefficient (Wildman–Crippen LogP) is 2.90. The maximum atomic E-state index is 5.58. The molecular formula is C8H7IN2OS. The second kappa shape index (κ2) is 3.30. The topological polar surface area (TPSA) is 52.0 Å². The van der Waals surface area contributed by atoms with E-state index in [-0.39, 0.29) is 0 Å². The van der Waals surface area contributed by atoms with E-state index in [1.54, 1.807) is 11.3 Å². The van der Waals surface area contributed by atoms with Gasteiger partial charge in [-0.2, -0.15) is 0 Å². The first-order valence-electron chi connectivity index (χ1n) is 3.66. The van der Waals surface area contributed by atoms with Crippen molar-refractivity contribution in [2.75, 3.05) is 5.73 Å². The number of aryl methyl sites for hydroxylation is 1. The van der Waals surface area contributed by atoms with Gasteiger partial charge in [0.05, 0.1) is 4.88 Å². The van der Waals surface area contributed by atoms with E-state index >= 15 is 0 Å². The SMILES string of the molecule is Cc1ccc(-c2onc(N)c2I)s1. The standard InChI is InChI=1S/C8H7IN2OS/c1-4-2-3-5(13-4)7-6(9)8(10)11-12-7/h2-3H,1H3,(H2,10,11). The molecule has 2 rings (SSSR count). The second-order valence-corrected chi connectivity index (χ2v) is 4.99. The lowest BCUT2D eigenvalue weighted by Crippen LogP contribution is -1.85. The zero-order valence-corrected chi connectivity index (χ0v) is 9.85. The van der Waals surface area contributed by atoms with Crippen LogP contribution in [0.3, 0.4) is 0 Å². The largest absolute Gasteiger partial charge is 0.380 e. The van der Waals surface area contributed by atoms with Gasteiger partial charge in [0, 0.05) is 4.88 Å². The molecule has 2 heterocycles. The number of rotatable bonds is 1. The molecule has 0 bridgehead atoms. The lowest BCUT2D eigenvalue weighted by molar-refractivity contribution is 0.436. The van der Waals surface area contributed by atoms with Crippen molar-refractivity contribution in [2.45, 2.75) is 6.92 Å². The molecule has 0 aliphatic rings. The average molecular weight is 306 g/mol. The number of thiophene rings is 1. The molecule has 0 aromatic carbocycles. The number of nitrogen functional groups attached to an aromatic ring is 1. The molecule has 68 valence electrons. The summed E-state index contributed by atoms with van der Waals surface area (Å²) in [6.45, 7) is 2.06. The Kier molecular flexibility index (Phi) is 2.29. The molecule has 2 aromatic heterocycles. The van der Waals surface area contributed by atoms with Crippen molar-refractivity contribution in [3.8, 4) is 10.6 Å². The molecule has 5 heteroatoms. The van der Waals surface area contributed by atoms with E-state index < -0.39 is 0 Å². The summed E-state index contributed by atoms with van der Waals surface area (Å²) in [6, 6.07) is 4.07. The Morgan fingerprint density at radius 3 is 2.77 bits per heavy atom. The molecule has 0 aliphatic heterocycles. The van der Waals surface area contributed by atoms with Crippen molar-refractivity contribution in [1.82, 2.24) is 5.16 Å². The van der Waals surface area contributed by atoms with Gasteiger partial charge in [0.2, 0.25) is 0 Å². The molecular weight excluding hydrogens is 299 g/mol. The normalized spacial score (nSPS) is 10.6. The summed E-state index contributed by atoms with van der Waals surface area (Å²) in [5, 5.41) is 3.70. The van der Waals surface area contributed by atoms with Crippen molar-refractivity contribution >= 4 is 39.7 Å². The quantitative estimate of drug-likeness (QED) is 0.824. The second-order valence-electron chi connectivity index (χ2n) is 2.62. The minimum Gasteiger partial charge on any atom is -0.380 e. The van der Waals surface area contributed by atoms with Crippen LogP contribution in [-0.2, 0) is 0 Å². The van der Waals surface area contributed by atoms with Crippen molar-refractivity contribution in [3.63, 3.8) is 0 Å². The Labute approximate surface area is 93.1 Å². The first kappa shape index (κ1) is 9.01. The number of nitrogens with two attached hydrogens (primary N) is 1. The Bertz CT molecular complexity index is 435. The first-order valence-corrected chi connectivity index (χ1v) is 5.55. The molecule has 0 amide bonds. The molecule has 0 unspecified atom stereocenters. The third kappa shape index (κ3) is 1.58. The smallest absolute Gasteiger partial charge is 0.192 e. The van der Waals surface area contributed by atoms with Gasteiger partial charge < -0.3 is 10.3 Å². The monoisotopic (exact) mass is 306 g/mol. The molecule has 0 fully saturated rings. The van der Waals surface area contributed by atoms with Crippen LogP contribution in [0.15, 0.2) is 16.7 Å². The van der Waals surface area contributed by atoms with E-state index in [4.69, 9.17) is 10.3 Å². The zero-order valence-electron chi connectivity index (χ0n) is 6.87. The van der Waals surface area contributed by atoms with Gasteiger partial charge in [0.15, 0.2) is 11.6 Å². The zero-order chi connectivity index (χ0) is 9.42. The van der Waals surface area contributed by atoms with Gasteiger partial charge in [0.1, 0.15) is 3.57 Å². The van der Waals surface area contributed by atoms with Crippen LogP contribution in [0.2, 0.25) is 0 Å². The van der Waals surface area contributed by atoms with E-state index in [0.717, 1.165) is 14.2 Å². The van der Waals surface area contributed by atoms with E-state index in [0.29, 0.717) is 5.82 Å². The number of aromatic nitrogens is 1. The van der Waals surface area contributed by atoms with Gasteiger partial charge in [-0.25, -0.2) is 0 Å². The highest BCUT2D eigenvalue weighted by Crippen LogP contribution is 2.33. The molecule has 2 N–H and O–H groups in total. The number of nitrogens with zero attached hydrogens (tertiary/aromatic N) is 1. The molecule has 0 aliphatic carbocycles. The summed E-state index contributed by atoms with van der Waals surface area (Å²) in [5.41, 5.74) is 5.58. The van der Waals surface area contributed by atoms with Gasteiger partial charge in [0.25, 0.3) is 0 Å². The fourth-order valence-corrected chi connectivity index (χ4v) is 2.52. The van der Waals surface area contributed by atoms with Gasteiger partial charge >= 0.3 is 0 Å². The third-order valence-corrected chi connectivity index (χ3v) is 3.67.